The van der Waals surface area contributed by atoms with Crippen LogP contribution in [0, 0.1) is 11.3 Å². The molecule has 0 aromatic carbocycles. The van der Waals surface area contributed by atoms with Gasteiger partial charge >= 0.3 is 0 Å². The summed E-state index contributed by atoms with van der Waals surface area (Å²) < 4.78 is 0. The molecule has 2 saturated heterocycles. The molecular weight excluding hydrogens is 374 g/mol. The molecule has 30 heavy (non-hydrogen) atoms. The summed E-state index contributed by atoms with van der Waals surface area (Å²) >= 11 is 0. The lowest BCUT2D eigenvalue weighted by atomic mass is 9.75. The quantitative estimate of drug-likeness (QED) is 0.743. The second-order valence-corrected chi connectivity index (χ2v) is 10.7. The summed E-state index contributed by atoms with van der Waals surface area (Å²) in [5, 5.41) is 0. The predicted molar refractivity (Wildman–Crippen MR) is 121 cm³/mol. The Kier molecular flexibility index (Phi) is 6.06. The number of nitrogens with zero attached hydrogens (tertiary/aromatic N) is 5. The normalized spacial score (nSPS) is 24.1. The van der Waals surface area contributed by atoms with Gasteiger partial charge in [0, 0.05) is 51.0 Å². The number of fused-ring (bicyclic) bond motifs is 1. The highest BCUT2D eigenvalue weighted by molar-refractivity contribution is 5.74. The summed E-state index contributed by atoms with van der Waals surface area (Å²) in [5.74, 6) is 3.47. The van der Waals surface area contributed by atoms with Gasteiger partial charge in [0.1, 0.15) is 11.6 Å². The van der Waals surface area contributed by atoms with Crippen molar-refractivity contribution in [1.82, 2.24) is 19.8 Å². The third-order valence-corrected chi connectivity index (χ3v) is 7.51. The summed E-state index contributed by atoms with van der Waals surface area (Å²) in [4.78, 5) is 29.2. The lowest BCUT2D eigenvalue weighted by Crippen LogP contribution is -2.41. The maximum atomic E-state index is 12.1. The molecule has 0 radical (unpaired) electrons. The fourth-order valence-corrected chi connectivity index (χ4v) is 5.46. The zero-order chi connectivity index (χ0) is 21.5. The molecule has 166 valence electrons. The number of carbonyl (C=O) groups is 1. The molecule has 0 unspecified atom stereocenters. The number of hydrogen-bond acceptors (Lipinski definition) is 5. The number of piperidine rings is 2. The van der Waals surface area contributed by atoms with Crippen LogP contribution in [-0.4, -0.2) is 65.4 Å². The number of likely N-dealkylation sites (N-methyl/N-ethyl adjacent to an activating group) is 1. The lowest BCUT2D eigenvalue weighted by molar-refractivity contribution is -0.129. The zero-order valence-corrected chi connectivity index (χ0v) is 19.6. The Morgan fingerprint density at radius 2 is 1.77 bits per heavy atom. The van der Waals surface area contributed by atoms with Crippen LogP contribution >= 0.6 is 0 Å². The van der Waals surface area contributed by atoms with Crippen molar-refractivity contribution in [3.05, 3.63) is 17.1 Å². The Balaban J connectivity index is 1.65. The van der Waals surface area contributed by atoms with Crippen LogP contribution in [0.1, 0.15) is 76.4 Å². The molecule has 0 N–H and O–H groups in total. The van der Waals surface area contributed by atoms with Crippen LogP contribution in [-0.2, 0) is 17.8 Å². The second-order valence-electron chi connectivity index (χ2n) is 10.7. The highest BCUT2D eigenvalue weighted by atomic mass is 16.2. The Morgan fingerprint density at radius 1 is 1.03 bits per heavy atom. The number of likely N-dealkylation sites (tertiary alicyclic amines) is 1. The van der Waals surface area contributed by atoms with Gasteiger partial charge in [-0.15, -0.1) is 0 Å². The average Bonchev–Trinajstić information content (AvgIpc) is 2.72. The third kappa shape index (κ3) is 4.48. The minimum absolute atomic E-state index is 0.149. The Labute approximate surface area is 182 Å². The van der Waals surface area contributed by atoms with Crippen LogP contribution in [0.25, 0.3) is 0 Å². The Morgan fingerprint density at radius 3 is 2.40 bits per heavy atom. The first-order chi connectivity index (χ1) is 14.2. The van der Waals surface area contributed by atoms with Crippen molar-refractivity contribution in [3.8, 4) is 0 Å². The van der Waals surface area contributed by atoms with E-state index in [1.54, 1.807) is 6.92 Å². The summed E-state index contributed by atoms with van der Waals surface area (Å²) in [5.41, 5.74) is 2.73. The minimum Gasteiger partial charge on any atom is -0.356 e. The van der Waals surface area contributed by atoms with Gasteiger partial charge in [-0.05, 0) is 50.6 Å². The molecular formula is C24H39N5O. The molecule has 1 aromatic rings. The van der Waals surface area contributed by atoms with E-state index < -0.39 is 0 Å². The first-order valence-electron chi connectivity index (χ1n) is 11.8. The van der Waals surface area contributed by atoms with Crippen LogP contribution in [0.5, 0.6) is 0 Å². The maximum absolute atomic E-state index is 12.1. The molecule has 1 aromatic heterocycles. The number of hydrogen-bond donors (Lipinski definition) is 0. The zero-order valence-electron chi connectivity index (χ0n) is 19.6. The number of anilines is 1. The standard InChI is InChI=1S/C24H39N5O/c1-17(30)29-14-10-21-20(16-29)23(28-12-8-19(9-13-28)24(2,3)4)26-22(25-21)18-7-6-11-27(5)15-18/h18-19H,6-16H2,1-5H3/t18-/m0/s1. The van der Waals surface area contributed by atoms with E-state index >= 15 is 0 Å². The van der Waals surface area contributed by atoms with Crippen molar-refractivity contribution >= 4 is 11.7 Å². The van der Waals surface area contributed by atoms with E-state index in [-0.39, 0.29) is 5.91 Å². The van der Waals surface area contributed by atoms with Gasteiger partial charge in [-0.3, -0.25) is 4.79 Å². The minimum atomic E-state index is 0.149. The summed E-state index contributed by atoms with van der Waals surface area (Å²) in [6.07, 6.45) is 5.65. The molecule has 2 fully saturated rings. The van der Waals surface area contributed by atoms with Crippen molar-refractivity contribution < 1.29 is 4.79 Å². The topological polar surface area (TPSA) is 52.6 Å². The molecule has 6 heteroatoms. The first-order valence-corrected chi connectivity index (χ1v) is 11.8. The van der Waals surface area contributed by atoms with E-state index in [2.05, 4.69) is 37.6 Å². The Bertz CT molecular complexity index is 779. The van der Waals surface area contributed by atoms with Gasteiger partial charge in [0.25, 0.3) is 0 Å². The molecule has 3 aliphatic rings. The fourth-order valence-electron chi connectivity index (χ4n) is 5.46. The average molecular weight is 414 g/mol. The molecule has 0 spiro atoms. The summed E-state index contributed by atoms with van der Waals surface area (Å²) in [7, 11) is 2.20. The van der Waals surface area contributed by atoms with Crippen molar-refractivity contribution in [1.29, 1.82) is 0 Å². The van der Waals surface area contributed by atoms with Crippen LogP contribution in [0.15, 0.2) is 0 Å². The molecule has 4 heterocycles. The number of aromatic nitrogens is 2. The van der Waals surface area contributed by atoms with Gasteiger partial charge in [-0.1, -0.05) is 20.8 Å². The second kappa shape index (κ2) is 8.45. The first kappa shape index (κ1) is 21.5. The largest absolute Gasteiger partial charge is 0.356 e. The molecule has 1 atom stereocenters. The van der Waals surface area contributed by atoms with E-state index in [0.717, 1.165) is 50.2 Å². The fraction of sp³-hybridized carbons (Fsp3) is 0.792. The molecule has 0 bridgehead atoms. The maximum Gasteiger partial charge on any atom is 0.219 e. The predicted octanol–water partition coefficient (Wildman–Crippen LogP) is 3.45. The van der Waals surface area contributed by atoms with Gasteiger partial charge in [0.15, 0.2) is 0 Å². The van der Waals surface area contributed by atoms with Crippen molar-refractivity contribution in [2.75, 3.05) is 44.7 Å². The van der Waals surface area contributed by atoms with E-state index in [4.69, 9.17) is 9.97 Å². The van der Waals surface area contributed by atoms with Gasteiger partial charge in [0.05, 0.1) is 12.2 Å². The van der Waals surface area contributed by atoms with Crippen LogP contribution in [0.4, 0.5) is 5.82 Å². The van der Waals surface area contributed by atoms with Gasteiger partial charge in [-0.2, -0.15) is 0 Å². The van der Waals surface area contributed by atoms with E-state index in [9.17, 15) is 4.79 Å². The highest BCUT2D eigenvalue weighted by Gasteiger charge is 2.33. The van der Waals surface area contributed by atoms with Gasteiger partial charge < -0.3 is 14.7 Å². The third-order valence-electron chi connectivity index (χ3n) is 7.51. The molecule has 0 saturated carbocycles. The summed E-state index contributed by atoms with van der Waals surface area (Å²) in [6, 6.07) is 0. The van der Waals surface area contributed by atoms with E-state index in [1.807, 2.05) is 4.90 Å². The SMILES string of the molecule is CC(=O)N1CCc2nc([C@H]3CCCN(C)C3)nc(N3CCC(C(C)(C)C)CC3)c2C1. The molecule has 4 rings (SSSR count). The molecule has 6 nitrogen and oxygen atoms in total. The number of carbonyl (C=O) groups excluding carboxylic acids is 1. The monoisotopic (exact) mass is 413 g/mol. The number of amides is 1. The van der Waals surface area contributed by atoms with Crippen molar-refractivity contribution in [2.24, 2.45) is 11.3 Å². The molecule has 1 amide bonds. The number of rotatable bonds is 2. The molecule has 3 aliphatic heterocycles. The van der Waals surface area contributed by atoms with E-state index in [0.29, 0.717) is 17.9 Å². The lowest BCUT2D eigenvalue weighted by Gasteiger charge is -2.41. The van der Waals surface area contributed by atoms with Crippen molar-refractivity contribution in [3.63, 3.8) is 0 Å². The van der Waals surface area contributed by atoms with Crippen LogP contribution in [0.3, 0.4) is 0 Å². The molecule has 0 aliphatic carbocycles. The Hall–Kier alpha value is -1.69. The van der Waals surface area contributed by atoms with Gasteiger partial charge in [0.2, 0.25) is 5.91 Å². The van der Waals surface area contributed by atoms with E-state index in [1.165, 1.54) is 43.5 Å². The summed E-state index contributed by atoms with van der Waals surface area (Å²) in [6.45, 7) is 14.5. The van der Waals surface area contributed by atoms with Crippen LogP contribution in [0.2, 0.25) is 0 Å². The highest BCUT2D eigenvalue weighted by Crippen LogP contribution is 2.37. The smallest absolute Gasteiger partial charge is 0.219 e. The van der Waals surface area contributed by atoms with Gasteiger partial charge in [-0.25, -0.2) is 9.97 Å². The van der Waals surface area contributed by atoms with Crippen molar-refractivity contribution in [2.45, 2.75) is 72.3 Å². The van der Waals surface area contributed by atoms with Crippen LogP contribution < -0.4 is 4.90 Å².